The van der Waals surface area contributed by atoms with Crippen LogP contribution in [0.1, 0.15) is 37.7 Å². The number of likely N-dealkylation sites (tertiary alicyclic amines) is 2. The fourth-order valence-electron chi connectivity index (χ4n) is 4.10. The van der Waals surface area contributed by atoms with Gasteiger partial charge in [-0.15, -0.1) is 0 Å². The van der Waals surface area contributed by atoms with Crippen molar-refractivity contribution < 1.29 is 14.3 Å². The first-order chi connectivity index (χ1) is 13.1. The SMILES string of the molecule is COC(=O)N1CCC(CCC(=O)N[C@H]2CCN(Cc3ccccc3)C2)CC1. The van der Waals surface area contributed by atoms with Crippen molar-refractivity contribution in [1.82, 2.24) is 15.1 Å². The molecule has 1 N–H and O–H groups in total. The summed E-state index contributed by atoms with van der Waals surface area (Å²) >= 11 is 0. The first kappa shape index (κ1) is 19.7. The quantitative estimate of drug-likeness (QED) is 0.833. The summed E-state index contributed by atoms with van der Waals surface area (Å²) in [6.07, 6.45) is 4.18. The van der Waals surface area contributed by atoms with Crippen LogP contribution in [0.2, 0.25) is 0 Å². The zero-order chi connectivity index (χ0) is 19.1. The van der Waals surface area contributed by atoms with E-state index in [2.05, 4.69) is 34.5 Å². The Morgan fingerprint density at radius 3 is 2.56 bits per heavy atom. The maximum atomic E-state index is 12.3. The fourth-order valence-corrected chi connectivity index (χ4v) is 4.10. The van der Waals surface area contributed by atoms with Gasteiger partial charge in [0.05, 0.1) is 7.11 Å². The van der Waals surface area contributed by atoms with E-state index in [0.717, 1.165) is 58.4 Å². The third-order valence-electron chi connectivity index (χ3n) is 5.71. The molecule has 1 aromatic rings. The molecule has 0 radical (unpaired) electrons. The van der Waals surface area contributed by atoms with E-state index in [1.165, 1.54) is 12.7 Å². The molecule has 0 aliphatic carbocycles. The van der Waals surface area contributed by atoms with E-state index in [9.17, 15) is 9.59 Å². The number of hydrogen-bond acceptors (Lipinski definition) is 4. The molecule has 0 bridgehead atoms. The molecule has 2 aliphatic rings. The van der Waals surface area contributed by atoms with Crippen molar-refractivity contribution in [3.05, 3.63) is 35.9 Å². The summed E-state index contributed by atoms with van der Waals surface area (Å²) < 4.78 is 4.76. The summed E-state index contributed by atoms with van der Waals surface area (Å²) in [7, 11) is 1.42. The Labute approximate surface area is 161 Å². The Balaban J connectivity index is 1.32. The molecular weight excluding hydrogens is 342 g/mol. The van der Waals surface area contributed by atoms with E-state index >= 15 is 0 Å². The summed E-state index contributed by atoms with van der Waals surface area (Å²) in [5, 5.41) is 3.21. The minimum absolute atomic E-state index is 0.164. The number of amides is 2. The van der Waals surface area contributed by atoms with E-state index in [0.29, 0.717) is 12.3 Å². The molecule has 1 atom stereocenters. The van der Waals surface area contributed by atoms with Crippen LogP contribution >= 0.6 is 0 Å². The lowest BCUT2D eigenvalue weighted by Crippen LogP contribution is -2.39. The monoisotopic (exact) mass is 373 g/mol. The Hall–Kier alpha value is -2.08. The van der Waals surface area contributed by atoms with Crippen molar-refractivity contribution in [2.75, 3.05) is 33.3 Å². The number of hydrogen-bond donors (Lipinski definition) is 1. The van der Waals surface area contributed by atoms with Gasteiger partial charge in [-0.25, -0.2) is 4.79 Å². The zero-order valence-corrected chi connectivity index (χ0v) is 16.2. The zero-order valence-electron chi connectivity index (χ0n) is 16.2. The lowest BCUT2D eigenvalue weighted by Gasteiger charge is -2.30. The molecule has 2 aliphatic heterocycles. The van der Waals surface area contributed by atoms with Crippen LogP contribution in [0.25, 0.3) is 0 Å². The van der Waals surface area contributed by atoms with Gasteiger partial charge in [0.1, 0.15) is 0 Å². The molecule has 2 saturated heterocycles. The Bertz CT molecular complexity index is 614. The van der Waals surface area contributed by atoms with E-state index in [-0.39, 0.29) is 18.0 Å². The third-order valence-corrected chi connectivity index (χ3v) is 5.71. The molecule has 27 heavy (non-hydrogen) atoms. The molecule has 2 amide bonds. The second-order valence-electron chi connectivity index (χ2n) is 7.71. The molecule has 1 aromatic carbocycles. The Morgan fingerprint density at radius 2 is 1.85 bits per heavy atom. The standard InChI is InChI=1S/C21H31N3O3/c1-27-21(26)24-13-9-17(10-14-24)7-8-20(25)22-19-11-12-23(16-19)15-18-5-3-2-4-6-18/h2-6,17,19H,7-16H2,1H3,(H,22,25)/t19-/m0/s1. The van der Waals surface area contributed by atoms with Gasteiger partial charge in [0.25, 0.3) is 0 Å². The van der Waals surface area contributed by atoms with E-state index in [1.807, 2.05) is 6.07 Å². The highest BCUT2D eigenvalue weighted by Crippen LogP contribution is 2.22. The van der Waals surface area contributed by atoms with Gasteiger partial charge in [0.2, 0.25) is 5.91 Å². The predicted molar refractivity (Wildman–Crippen MR) is 104 cm³/mol. The van der Waals surface area contributed by atoms with Gasteiger partial charge < -0.3 is 15.0 Å². The number of methoxy groups -OCH3 is 1. The van der Waals surface area contributed by atoms with Gasteiger partial charge >= 0.3 is 6.09 Å². The number of piperidine rings is 1. The minimum atomic E-state index is -0.243. The summed E-state index contributed by atoms with van der Waals surface area (Å²) in [4.78, 5) is 28.0. The molecule has 0 unspecified atom stereocenters. The maximum absolute atomic E-state index is 12.3. The number of benzene rings is 1. The minimum Gasteiger partial charge on any atom is -0.453 e. The molecule has 0 saturated carbocycles. The molecule has 148 valence electrons. The summed E-state index contributed by atoms with van der Waals surface area (Å²) in [5.41, 5.74) is 1.32. The normalized spacial score (nSPS) is 21.2. The van der Waals surface area contributed by atoms with Gasteiger partial charge in [-0.3, -0.25) is 9.69 Å². The van der Waals surface area contributed by atoms with Gasteiger partial charge in [0, 0.05) is 45.2 Å². The van der Waals surface area contributed by atoms with Crippen molar-refractivity contribution in [2.45, 2.75) is 44.7 Å². The van der Waals surface area contributed by atoms with Gasteiger partial charge in [-0.2, -0.15) is 0 Å². The summed E-state index contributed by atoms with van der Waals surface area (Å²) in [6, 6.07) is 10.7. The van der Waals surface area contributed by atoms with Crippen LogP contribution in [-0.2, 0) is 16.1 Å². The number of carbonyl (C=O) groups excluding carboxylic acids is 2. The molecule has 0 spiro atoms. The van der Waals surface area contributed by atoms with E-state index in [4.69, 9.17) is 4.74 Å². The van der Waals surface area contributed by atoms with Crippen molar-refractivity contribution in [1.29, 1.82) is 0 Å². The predicted octanol–water partition coefficient (Wildman–Crippen LogP) is 2.64. The highest BCUT2D eigenvalue weighted by atomic mass is 16.5. The average Bonchev–Trinajstić information content (AvgIpc) is 3.13. The van der Waals surface area contributed by atoms with Crippen LogP contribution in [0.5, 0.6) is 0 Å². The molecule has 2 fully saturated rings. The van der Waals surface area contributed by atoms with Gasteiger partial charge in [0.15, 0.2) is 0 Å². The smallest absolute Gasteiger partial charge is 0.409 e. The second kappa shape index (κ2) is 9.74. The second-order valence-corrected chi connectivity index (χ2v) is 7.71. The highest BCUT2D eigenvalue weighted by Gasteiger charge is 2.26. The number of nitrogens with one attached hydrogen (secondary N) is 1. The molecular formula is C21H31N3O3. The lowest BCUT2D eigenvalue weighted by molar-refractivity contribution is -0.122. The largest absolute Gasteiger partial charge is 0.453 e. The van der Waals surface area contributed by atoms with E-state index < -0.39 is 0 Å². The van der Waals surface area contributed by atoms with Crippen molar-refractivity contribution in [3.8, 4) is 0 Å². The maximum Gasteiger partial charge on any atom is 0.409 e. The van der Waals surface area contributed by atoms with Crippen LogP contribution in [-0.4, -0.2) is 61.1 Å². The fraction of sp³-hybridized carbons (Fsp3) is 0.619. The lowest BCUT2D eigenvalue weighted by atomic mass is 9.92. The average molecular weight is 373 g/mol. The van der Waals surface area contributed by atoms with Crippen LogP contribution in [0, 0.1) is 5.92 Å². The van der Waals surface area contributed by atoms with Gasteiger partial charge in [-0.05, 0) is 37.2 Å². The van der Waals surface area contributed by atoms with E-state index in [1.54, 1.807) is 4.90 Å². The molecule has 0 aromatic heterocycles. The first-order valence-electron chi connectivity index (χ1n) is 10.0. The first-order valence-corrected chi connectivity index (χ1v) is 10.0. The highest BCUT2D eigenvalue weighted by molar-refractivity contribution is 5.76. The molecule has 2 heterocycles. The number of carbonyl (C=O) groups is 2. The number of ether oxygens (including phenoxy) is 1. The summed E-state index contributed by atoms with van der Waals surface area (Å²) in [6.45, 7) is 4.38. The molecule has 3 rings (SSSR count). The summed E-state index contributed by atoms with van der Waals surface area (Å²) in [5.74, 6) is 0.687. The Kier molecular flexibility index (Phi) is 7.10. The molecule has 6 heteroatoms. The number of rotatable bonds is 6. The van der Waals surface area contributed by atoms with Crippen LogP contribution in [0.15, 0.2) is 30.3 Å². The Morgan fingerprint density at radius 1 is 1.11 bits per heavy atom. The third kappa shape index (κ3) is 5.96. The van der Waals surface area contributed by atoms with Crippen molar-refractivity contribution in [3.63, 3.8) is 0 Å². The van der Waals surface area contributed by atoms with Crippen LogP contribution < -0.4 is 5.32 Å². The van der Waals surface area contributed by atoms with Crippen molar-refractivity contribution >= 4 is 12.0 Å². The van der Waals surface area contributed by atoms with Crippen molar-refractivity contribution in [2.24, 2.45) is 5.92 Å². The number of nitrogens with zero attached hydrogens (tertiary/aromatic N) is 2. The van der Waals surface area contributed by atoms with Crippen LogP contribution in [0.3, 0.4) is 0 Å². The van der Waals surface area contributed by atoms with Gasteiger partial charge in [-0.1, -0.05) is 30.3 Å². The van der Waals surface area contributed by atoms with Crippen LogP contribution in [0.4, 0.5) is 4.79 Å². The topological polar surface area (TPSA) is 61.9 Å². The molecule has 6 nitrogen and oxygen atoms in total.